The zero-order chi connectivity index (χ0) is 17.2. The van der Waals surface area contributed by atoms with E-state index >= 15 is 0 Å². The van der Waals surface area contributed by atoms with Crippen molar-refractivity contribution >= 4 is 33.1 Å². The molecule has 0 saturated heterocycles. The fraction of sp³-hybridized carbons (Fsp3) is 0.143. The predicted octanol–water partition coefficient (Wildman–Crippen LogP) is 5.64. The van der Waals surface area contributed by atoms with Gasteiger partial charge in [-0.1, -0.05) is 48.5 Å². The molecule has 2 aromatic heterocycles. The molecule has 1 N–H and O–H groups in total. The molecule has 0 aliphatic rings. The molecule has 0 unspecified atom stereocenters. The van der Waals surface area contributed by atoms with Crippen molar-refractivity contribution in [1.82, 2.24) is 9.97 Å². The van der Waals surface area contributed by atoms with Gasteiger partial charge in [0.15, 0.2) is 0 Å². The normalized spacial score (nSPS) is 11.0. The highest BCUT2D eigenvalue weighted by Gasteiger charge is 2.15. The maximum Gasteiger partial charge on any atom is 0.143 e. The van der Waals surface area contributed by atoms with E-state index in [9.17, 15) is 0 Å². The van der Waals surface area contributed by atoms with Crippen molar-refractivity contribution in [2.24, 2.45) is 0 Å². The van der Waals surface area contributed by atoms with Crippen molar-refractivity contribution in [1.29, 1.82) is 0 Å². The highest BCUT2D eigenvalue weighted by molar-refractivity contribution is 7.18. The second-order valence-corrected chi connectivity index (χ2v) is 7.31. The number of thiophene rings is 1. The minimum absolute atomic E-state index is 0.732. The smallest absolute Gasteiger partial charge is 0.143 e. The van der Waals surface area contributed by atoms with Gasteiger partial charge < -0.3 is 5.32 Å². The van der Waals surface area contributed by atoms with Gasteiger partial charge in [-0.15, -0.1) is 11.3 Å². The number of hydrogen-bond donors (Lipinski definition) is 1. The lowest BCUT2D eigenvalue weighted by molar-refractivity contribution is 0.999. The van der Waals surface area contributed by atoms with Crippen molar-refractivity contribution in [3.63, 3.8) is 0 Å². The van der Waals surface area contributed by atoms with E-state index in [1.807, 2.05) is 24.3 Å². The lowest BCUT2D eigenvalue weighted by Gasteiger charge is -2.10. The van der Waals surface area contributed by atoms with E-state index in [1.165, 1.54) is 16.0 Å². The third kappa shape index (κ3) is 3.26. The third-order valence-electron chi connectivity index (χ3n) is 4.32. The molecule has 0 radical (unpaired) electrons. The summed E-state index contributed by atoms with van der Waals surface area (Å²) < 4.78 is 0. The van der Waals surface area contributed by atoms with E-state index in [0.717, 1.165) is 34.0 Å². The Labute approximate surface area is 151 Å². The molecule has 0 atom stereocenters. The van der Waals surface area contributed by atoms with E-state index in [2.05, 4.69) is 55.6 Å². The van der Waals surface area contributed by atoms with Crippen LogP contribution in [0.5, 0.6) is 0 Å². The number of nitrogens with one attached hydrogen (secondary N) is 1. The minimum atomic E-state index is 0.732. The van der Waals surface area contributed by atoms with Gasteiger partial charge in [0.2, 0.25) is 0 Å². The van der Waals surface area contributed by atoms with Crippen LogP contribution in [0.3, 0.4) is 0 Å². The van der Waals surface area contributed by atoms with Crippen LogP contribution in [0.15, 0.2) is 60.7 Å². The summed E-state index contributed by atoms with van der Waals surface area (Å²) >= 11 is 1.74. The van der Waals surface area contributed by atoms with Crippen LogP contribution in [0, 0.1) is 13.8 Å². The summed E-state index contributed by atoms with van der Waals surface area (Å²) in [6.45, 7) is 4.29. The maximum absolute atomic E-state index is 4.85. The largest absolute Gasteiger partial charge is 0.340 e. The number of aromatic nitrogens is 2. The van der Waals surface area contributed by atoms with E-state index in [4.69, 9.17) is 9.97 Å². The first kappa shape index (κ1) is 15.8. The molecule has 0 aliphatic heterocycles. The number of nitrogens with zero attached hydrogens (tertiary/aromatic N) is 2. The summed E-state index contributed by atoms with van der Waals surface area (Å²) in [6, 6.07) is 20.5. The second kappa shape index (κ2) is 6.65. The average Bonchev–Trinajstić information content (AvgIpc) is 2.91. The molecule has 124 valence electrons. The average molecular weight is 345 g/mol. The highest BCUT2D eigenvalue weighted by atomic mass is 32.1. The lowest BCUT2D eigenvalue weighted by Crippen LogP contribution is -2.02. The van der Waals surface area contributed by atoms with Gasteiger partial charge in [0, 0.05) is 17.0 Å². The number of benzene rings is 2. The minimum Gasteiger partial charge on any atom is -0.340 e. The van der Waals surface area contributed by atoms with Crippen LogP contribution >= 0.6 is 11.3 Å². The Balaban J connectivity index is 1.80. The van der Waals surface area contributed by atoms with Crippen molar-refractivity contribution in [2.75, 3.05) is 5.32 Å². The van der Waals surface area contributed by atoms with Crippen LogP contribution in [0.25, 0.3) is 10.2 Å². The zero-order valence-corrected chi connectivity index (χ0v) is 15.1. The van der Waals surface area contributed by atoms with E-state index in [1.54, 1.807) is 11.3 Å². The van der Waals surface area contributed by atoms with Crippen LogP contribution in [0.1, 0.15) is 21.8 Å². The first-order chi connectivity index (χ1) is 12.2. The summed E-state index contributed by atoms with van der Waals surface area (Å²) in [5.41, 5.74) is 3.51. The van der Waals surface area contributed by atoms with E-state index < -0.39 is 0 Å². The van der Waals surface area contributed by atoms with Crippen molar-refractivity contribution in [2.45, 2.75) is 20.3 Å². The van der Waals surface area contributed by atoms with Gasteiger partial charge in [-0.3, -0.25) is 0 Å². The summed E-state index contributed by atoms with van der Waals surface area (Å²) in [5, 5.41) is 4.61. The van der Waals surface area contributed by atoms with Crippen LogP contribution in [-0.2, 0) is 6.42 Å². The van der Waals surface area contributed by atoms with Gasteiger partial charge in [-0.2, -0.15) is 0 Å². The summed E-state index contributed by atoms with van der Waals surface area (Å²) in [6.07, 6.45) is 0.732. The molecule has 25 heavy (non-hydrogen) atoms. The number of fused-ring (bicyclic) bond motifs is 1. The van der Waals surface area contributed by atoms with Gasteiger partial charge in [0.25, 0.3) is 0 Å². The zero-order valence-electron chi connectivity index (χ0n) is 14.3. The quantitative estimate of drug-likeness (QED) is 0.520. The van der Waals surface area contributed by atoms with Crippen LogP contribution in [0.2, 0.25) is 0 Å². The Hall–Kier alpha value is -2.72. The molecule has 4 rings (SSSR count). The van der Waals surface area contributed by atoms with Crippen LogP contribution < -0.4 is 5.32 Å². The molecule has 0 saturated carbocycles. The lowest BCUT2D eigenvalue weighted by atomic mass is 10.1. The maximum atomic E-state index is 4.85. The fourth-order valence-corrected chi connectivity index (χ4v) is 3.95. The monoisotopic (exact) mass is 345 g/mol. The van der Waals surface area contributed by atoms with Gasteiger partial charge in [-0.05, 0) is 37.1 Å². The number of anilines is 2. The van der Waals surface area contributed by atoms with Crippen LogP contribution in [-0.4, -0.2) is 9.97 Å². The Morgan fingerprint density at radius 3 is 2.28 bits per heavy atom. The predicted molar refractivity (Wildman–Crippen MR) is 106 cm³/mol. The molecule has 0 fully saturated rings. The summed E-state index contributed by atoms with van der Waals surface area (Å²) in [4.78, 5) is 12.0. The molecule has 2 aromatic carbocycles. The molecule has 0 bridgehead atoms. The number of aryl methyl sites for hydroxylation is 2. The van der Waals surface area contributed by atoms with E-state index in [0.29, 0.717) is 0 Å². The third-order valence-corrected chi connectivity index (χ3v) is 5.42. The van der Waals surface area contributed by atoms with Gasteiger partial charge in [-0.25, -0.2) is 9.97 Å². The molecule has 4 aromatic rings. The Morgan fingerprint density at radius 2 is 1.56 bits per heavy atom. The van der Waals surface area contributed by atoms with E-state index in [-0.39, 0.29) is 0 Å². The van der Waals surface area contributed by atoms with Gasteiger partial charge in [0.1, 0.15) is 16.5 Å². The first-order valence-electron chi connectivity index (χ1n) is 8.33. The Bertz CT molecular complexity index is 1010. The second-order valence-electron chi connectivity index (χ2n) is 6.11. The van der Waals surface area contributed by atoms with Crippen molar-refractivity contribution in [3.05, 3.63) is 82.5 Å². The summed E-state index contributed by atoms with van der Waals surface area (Å²) in [5.74, 6) is 1.74. The molecule has 2 heterocycles. The van der Waals surface area contributed by atoms with Crippen LogP contribution in [0.4, 0.5) is 11.5 Å². The highest BCUT2D eigenvalue weighted by Crippen LogP contribution is 2.34. The molecular weight excluding hydrogens is 326 g/mol. The Kier molecular flexibility index (Phi) is 4.20. The SMILES string of the molecule is Cc1sc2nc(Cc3ccccc3)nc(Nc3ccccc3)c2c1C. The number of rotatable bonds is 4. The standard InChI is InChI=1S/C21H19N3S/c1-14-15(2)25-21-19(14)20(22-17-11-7-4-8-12-17)23-18(24-21)13-16-9-5-3-6-10-16/h3-12H,13H2,1-2H3,(H,22,23,24). The summed E-state index contributed by atoms with van der Waals surface area (Å²) in [7, 11) is 0. The molecular formula is C21H19N3S. The molecule has 0 aliphatic carbocycles. The number of hydrogen-bond acceptors (Lipinski definition) is 4. The number of para-hydroxylation sites is 1. The van der Waals surface area contributed by atoms with Crippen molar-refractivity contribution in [3.8, 4) is 0 Å². The van der Waals surface area contributed by atoms with Crippen molar-refractivity contribution < 1.29 is 0 Å². The molecule has 0 spiro atoms. The molecule has 4 heteroatoms. The molecule has 0 amide bonds. The fourth-order valence-electron chi connectivity index (χ4n) is 2.90. The molecule has 3 nitrogen and oxygen atoms in total. The van der Waals surface area contributed by atoms with Gasteiger partial charge in [0.05, 0.1) is 5.39 Å². The first-order valence-corrected chi connectivity index (χ1v) is 9.15. The Morgan fingerprint density at radius 1 is 0.880 bits per heavy atom. The van der Waals surface area contributed by atoms with Gasteiger partial charge >= 0.3 is 0 Å². The topological polar surface area (TPSA) is 37.8 Å².